The minimum absolute atomic E-state index is 0.296. The summed E-state index contributed by atoms with van der Waals surface area (Å²) in [6, 6.07) is 7.10. The van der Waals surface area contributed by atoms with Crippen LogP contribution in [0.1, 0.15) is 36.5 Å². The van der Waals surface area contributed by atoms with Gasteiger partial charge in [0.25, 0.3) is 0 Å². The Balaban J connectivity index is 2.78. The van der Waals surface area contributed by atoms with Gasteiger partial charge in [0.05, 0.1) is 0 Å². The largest absolute Gasteiger partial charge is 0.509 e. The molecular formula is C15H17BF3-. The van der Waals surface area contributed by atoms with Gasteiger partial charge in [-0.1, -0.05) is 43.7 Å². The first-order chi connectivity index (χ1) is 8.71. The van der Waals surface area contributed by atoms with Crippen LogP contribution in [0, 0.1) is 13.8 Å². The van der Waals surface area contributed by atoms with Gasteiger partial charge in [-0.3, -0.25) is 0 Å². The van der Waals surface area contributed by atoms with Crippen molar-refractivity contribution in [2.75, 3.05) is 0 Å². The highest BCUT2D eigenvalue weighted by molar-refractivity contribution is 6.74. The van der Waals surface area contributed by atoms with E-state index in [0.717, 1.165) is 16.7 Å². The summed E-state index contributed by atoms with van der Waals surface area (Å²) in [4.78, 5) is 0. The minimum atomic E-state index is -4.95. The van der Waals surface area contributed by atoms with E-state index in [1.165, 1.54) is 6.07 Å². The third-order valence-electron chi connectivity index (χ3n) is 3.71. The number of aryl methyl sites for hydroxylation is 1. The van der Waals surface area contributed by atoms with Crippen LogP contribution in [0.3, 0.4) is 0 Å². The zero-order chi connectivity index (χ0) is 14.4. The molecule has 0 aromatic carbocycles. The molecule has 0 unspecified atom stereocenters. The van der Waals surface area contributed by atoms with Crippen molar-refractivity contribution in [3.63, 3.8) is 0 Å². The monoisotopic (exact) mass is 265 g/mol. The molecule has 2 rings (SSSR count). The quantitative estimate of drug-likeness (QED) is 0.697. The summed E-state index contributed by atoms with van der Waals surface area (Å²) in [5.74, 6) is 0.296. The first-order valence-electron chi connectivity index (χ1n) is 6.45. The van der Waals surface area contributed by atoms with Gasteiger partial charge in [0, 0.05) is 0 Å². The number of hydrogen-bond acceptors (Lipinski definition) is 0. The van der Waals surface area contributed by atoms with E-state index in [9.17, 15) is 12.9 Å². The first kappa shape index (κ1) is 14.0. The van der Waals surface area contributed by atoms with Gasteiger partial charge in [0.15, 0.2) is 0 Å². The molecule has 0 aromatic rings. The Morgan fingerprint density at radius 1 is 0.947 bits per heavy atom. The second-order valence-electron chi connectivity index (χ2n) is 5.44. The van der Waals surface area contributed by atoms with E-state index in [2.05, 4.69) is 0 Å². The molecule has 2 aliphatic carbocycles. The Bertz CT molecular complexity index is 585. The van der Waals surface area contributed by atoms with E-state index in [1.807, 2.05) is 39.0 Å². The van der Waals surface area contributed by atoms with Crippen molar-refractivity contribution in [3.05, 3.63) is 41.0 Å². The Labute approximate surface area is 112 Å². The first-order valence-corrected chi connectivity index (χ1v) is 6.45. The Kier molecular flexibility index (Phi) is 3.37. The zero-order valence-electron chi connectivity index (χ0n) is 11.6. The molecule has 0 bridgehead atoms. The third kappa shape index (κ3) is 2.49. The molecule has 2 aliphatic rings. The number of fused-ring (bicyclic) bond motifs is 1. The molecular weight excluding hydrogens is 248 g/mol. The second kappa shape index (κ2) is 4.59. The van der Waals surface area contributed by atoms with Gasteiger partial charge < -0.3 is 12.9 Å². The molecule has 4 heteroatoms. The van der Waals surface area contributed by atoms with E-state index < -0.39 is 12.4 Å². The van der Waals surface area contributed by atoms with Crippen molar-refractivity contribution < 1.29 is 12.9 Å². The molecule has 0 aromatic heterocycles. The van der Waals surface area contributed by atoms with E-state index >= 15 is 0 Å². The van der Waals surface area contributed by atoms with Crippen molar-refractivity contribution in [2.24, 2.45) is 0 Å². The number of hydrogen-bond donors (Lipinski definition) is 0. The molecule has 0 aliphatic heterocycles. The molecule has 0 heterocycles. The van der Waals surface area contributed by atoms with Gasteiger partial charge in [0.1, 0.15) is 0 Å². The lowest BCUT2D eigenvalue weighted by Crippen LogP contribution is -2.34. The summed E-state index contributed by atoms with van der Waals surface area (Å²) < 4.78 is 39.1. The zero-order valence-corrected chi connectivity index (χ0v) is 11.6. The molecule has 102 valence electrons. The topological polar surface area (TPSA) is 0 Å². The predicted octanol–water partition coefficient (Wildman–Crippen LogP) is 4.59. The van der Waals surface area contributed by atoms with E-state index in [1.54, 1.807) is 6.92 Å². The standard InChI is InChI=1S/C15H17BF3/c1-9(2)12-6-5-10(3)13-8-15(16(17,18)19)11(4)14(13)7-12/h5-9H,1-4H3/q-1. The van der Waals surface area contributed by atoms with Crippen molar-refractivity contribution in [1.29, 1.82) is 0 Å². The molecule has 0 amide bonds. The molecule has 0 spiro atoms. The molecule has 0 nitrogen and oxygen atoms in total. The molecule has 0 radical (unpaired) electrons. The summed E-state index contributed by atoms with van der Waals surface area (Å²) >= 11 is 0. The fraction of sp³-hybridized carbons (Fsp3) is 0.333. The van der Waals surface area contributed by atoms with Crippen molar-refractivity contribution in [1.82, 2.24) is 0 Å². The average molecular weight is 265 g/mol. The highest BCUT2D eigenvalue weighted by atomic mass is 19.4. The SMILES string of the molecule is Cc1ccc(C(C)C)cc2c(C)c([B-](F)(F)F)cc1-2. The lowest BCUT2D eigenvalue weighted by atomic mass is 9.79. The van der Waals surface area contributed by atoms with Crippen molar-refractivity contribution in [3.8, 4) is 11.1 Å². The number of halogens is 3. The number of rotatable bonds is 2. The summed E-state index contributed by atoms with van der Waals surface area (Å²) in [6.07, 6.45) is 0. The van der Waals surface area contributed by atoms with Crippen LogP contribution in [0.15, 0.2) is 24.3 Å². The Morgan fingerprint density at radius 3 is 2.11 bits per heavy atom. The Hall–Kier alpha value is -1.45. The lowest BCUT2D eigenvalue weighted by Gasteiger charge is -2.14. The summed E-state index contributed by atoms with van der Waals surface area (Å²) in [6.45, 7) is 2.57. The van der Waals surface area contributed by atoms with Crippen LogP contribution in [0.25, 0.3) is 11.1 Å². The van der Waals surface area contributed by atoms with Crippen LogP contribution in [-0.2, 0) is 0 Å². The maximum Gasteiger partial charge on any atom is 0.509 e. The predicted molar refractivity (Wildman–Crippen MR) is 75.3 cm³/mol. The van der Waals surface area contributed by atoms with Crippen LogP contribution in [-0.4, -0.2) is 6.98 Å². The van der Waals surface area contributed by atoms with Crippen molar-refractivity contribution in [2.45, 2.75) is 33.6 Å². The van der Waals surface area contributed by atoms with Crippen molar-refractivity contribution >= 4 is 12.4 Å². The summed E-state index contributed by atoms with van der Waals surface area (Å²) in [5, 5.41) is 0. The fourth-order valence-corrected chi connectivity index (χ4v) is 2.44. The highest BCUT2D eigenvalue weighted by Crippen LogP contribution is 2.33. The fourth-order valence-electron chi connectivity index (χ4n) is 2.44. The highest BCUT2D eigenvalue weighted by Gasteiger charge is 2.30. The van der Waals surface area contributed by atoms with Gasteiger partial charge in [-0.2, -0.15) is 0 Å². The van der Waals surface area contributed by atoms with Gasteiger partial charge >= 0.3 is 6.98 Å². The van der Waals surface area contributed by atoms with E-state index in [-0.39, 0.29) is 0 Å². The van der Waals surface area contributed by atoms with Gasteiger partial charge in [0.2, 0.25) is 0 Å². The molecule has 0 N–H and O–H groups in total. The van der Waals surface area contributed by atoms with E-state index in [4.69, 9.17) is 0 Å². The molecule has 0 saturated heterocycles. The third-order valence-corrected chi connectivity index (χ3v) is 3.71. The van der Waals surface area contributed by atoms with Gasteiger partial charge in [-0.15, -0.1) is 5.46 Å². The van der Waals surface area contributed by atoms with Crippen LogP contribution in [0.2, 0.25) is 0 Å². The lowest BCUT2D eigenvalue weighted by molar-refractivity contribution is 0.501. The molecule has 0 atom stereocenters. The minimum Gasteiger partial charge on any atom is -0.445 e. The maximum atomic E-state index is 13.0. The van der Waals surface area contributed by atoms with Crippen LogP contribution in [0.4, 0.5) is 12.9 Å². The second-order valence-corrected chi connectivity index (χ2v) is 5.44. The summed E-state index contributed by atoms with van der Waals surface area (Å²) in [7, 11) is 0. The maximum absolute atomic E-state index is 13.0. The molecule has 0 saturated carbocycles. The average Bonchev–Trinajstić information content (AvgIpc) is 2.50. The van der Waals surface area contributed by atoms with Crippen LogP contribution >= 0.6 is 0 Å². The summed E-state index contributed by atoms with van der Waals surface area (Å²) in [5.41, 5.74) is 3.27. The molecule has 19 heavy (non-hydrogen) atoms. The normalized spacial score (nSPS) is 12.4. The Morgan fingerprint density at radius 2 is 1.58 bits per heavy atom. The molecule has 0 fully saturated rings. The smallest absolute Gasteiger partial charge is 0.445 e. The van der Waals surface area contributed by atoms with Crippen LogP contribution < -0.4 is 5.46 Å². The van der Waals surface area contributed by atoms with Crippen LogP contribution in [0.5, 0.6) is 0 Å². The van der Waals surface area contributed by atoms with Gasteiger partial charge in [-0.25, -0.2) is 0 Å². The van der Waals surface area contributed by atoms with Gasteiger partial charge in [-0.05, 0) is 42.0 Å². The van der Waals surface area contributed by atoms with E-state index in [0.29, 0.717) is 17.0 Å².